The van der Waals surface area contributed by atoms with Gasteiger partial charge < -0.3 is 14.6 Å². The summed E-state index contributed by atoms with van der Waals surface area (Å²) in [5, 5.41) is 2.71. The summed E-state index contributed by atoms with van der Waals surface area (Å²) in [6, 6.07) is 11.3. The van der Waals surface area contributed by atoms with Crippen LogP contribution in [0.1, 0.15) is 42.0 Å². The molecule has 0 saturated heterocycles. The van der Waals surface area contributed by atoms with Crippen LogP contribution in [-0.2, 0) is 9.53 Å². The van der Waals surface area contributed by atoms with Crippen molar-refractivity contribution in [2.75, 3.05) is 6.54 Å². The first-order chi connectivity index (χ1) is 11.4. The molecule has 5 heteroatoms. The first-order valence-corrected chi connectivity index (χ1v) is 8.18. The van der Waals surface area contributed by atoms with Gasteiger partial charge in [0, 0.05) is 23.6 Å². The van der Waals surface area contributed by atoms with Gasteiger partial charge in [-0.2, -0.15) is 0 Å². The van der Waals surface area contributed by atoms with E-state index in [1.165, 1.54) is 0 Å². The fourth-order valence-corrected chi connectivity index (χ4v) is 2.50. The van der Waals surface area contributed by atoms with Gasteiger partial charge in [-0.05, 0) is 63.6 Å². The SMILES string of the molecule is CCCNC(=O)[C@H](C)OC(=O)c1ccc(-n2c(C)ccc2C)cc1. The molecular formula is C19H24N2O3. The number of aryl methyl sites for hydroxylation is 2. The number of ether oxygens (including phenoxy) is 1. The van der Waals surface area contributed by atoms with Crippen LogP contribution in [0.3, 0.4) is 0 Å². The van der Waals surface area contributed by atoms with Crippen molar-refractivity contribution in [1.82, 2.24) is 9.88 Å². The van der Waals surface area contributed by atoms with Crippen molar-refractivity contribution >= 4 is 11.9 Å². The van der Waals surface area contributed by atoms with Crippen molar-refractivity contribution in [3.8, 4) is 5.69 Å². The molecule has 1 heterocycles. The third kappa shape index (κ3) is 4.04. The summed E-state index contributed by atoms with van der Waals surface area (Å²) < 4.78 is 7.32. The molecule has 0 saturated carbocycles. The van der Waals surface area contributed by atoms with Crippen molar-refractivity contribution < 1.29 is 14.3 Å². The third-order valence-electron chi connectivity index (χ3n) is 3.83. The predicted octanol–water partition coefficient (Wildman–Crippen LogP) is 3.17. The fraction of sp³-hybridized carbons (Fsp3) is 0.368. The highest BCUT2D eigenvalue weighted by Gasteiger charge is 2.18. The molecule has 0 aliphatic carbocycles. The fourth-order valence-electron chi connectivity index (χ4n) is 2.50. The number of aromatic nitrogens is 1. The Kier molecular flexibility index (Phi) is 5.79. The molecule has 0 unspecified atom stereocenters. The van der Waals surface area contributed by atoms with Crippen LogP contribution in [0.15, 0.2) is 36.4 Å². The molecule has 1 aromatic heterocycles. The summed E-state index contributed by atoms with van der Waals surface area (Å²) >= 11 is 0. The maximum absolute atomic E-state index is 12.2. The van der Waals surface area contributed by atoms with E-state index in [4.69, 9.17) is 4.74 Å². The van der Waals surface area contributed by atoms with E-state index < -0.39 is 12.1 Å². The molecule has 0 fully saturated rings. The van der Waals surface area contributed by atoms with Gasteiger partial charge in [0.15, 0.2) is 6.10 Å². The van der Waals surface area contributed by atoms with Crippen LogP contribution < -0.4 is 5.32 Å². The van der Waals surface area contributed by atoms with Gasteiger partial charge in [-0.15, -0.1) is 0 Å². The molecule has 5 nitrogen and oxygen atoms in total. The molecule has 2 aromatic rings. The van der Waals surface area contributed by atoms with Crippen LogP contribution in [0.25, 0.3) is 5.69 Å². The van der Waals surface area contributed by atoms with Crippen molar-refractivity contribution in [3.05, 3.63) is 53.3 Å². The second-order valence-corrected chi connectivity index (χ2v) is 5.84. The molecule has 24 heavy (non-hydrogen) atoms. The topological polar surface area (TPSA) is 60.3 Å². The van der Waals surface area contributed by atoms with Gasteiger partial charge in [-0.3, -0.25) is 4.79 Å². The van der Waals surface area contributed by atoms with Gasteiger partial charge >= 0.3 is 5.97 Å². The van der Waals surface area contributed by atoms with Crippen LogP contribution in [0.2, 0.25) is 0 Å². The molecule has 128 valence electrons. The van der Waals surface area contributed by atoms with E-state index in [1.807, 2.05) is 45.0 Å². The zero-order valence-corrected chi connectivity index (χ0v) is 14.6. The Hall–Kier alpha value is -2.56. The summed E-state index contributed by atoms with van der Waals surface area (Å²) in [6.07, 6.45) is 0.0317. The predicted molar refractivity (Wildman–Crippen MR) is 93.4 cm³/mol. The minimum absolute atomic E-state index is 0.277. The number of esters is 1. The highest BCUT2D eigenvalue weighted by atomic mass is 16.5. The van der Waals surface area contributed by atoms with Gasteiger partial charge in [0.25, 0.3) is 5.91 Å². The Morgan fingerprint density at radius 1 is 1.08 bits per heavy atom. The first-order valence-electron chi connectivity index (χ1n) is 8.18. The minimum atomic E-state index is -0.808. The van der Waals surface area contributed by atoms with E-state index in [-0.39, 0.29) is 5.91 Å². The molecule has 0 bridgehead atoms. The number of rotatable bonds is 6. The summed E-state index contributed by atoms with van der Waals surface area (Å²) in [7, 11) is 0. The van der Waals surface area contributed by atoms with Gasteiger partial charge in [-0.1, -0.05) is 6.92 Å². The van der Waals surface area contributed by atoms with Gasteiger partial charge in [0.05, 0.1) is 5.56 Å². The molecule has 0 aliphatic rings. The molecule has 0 spiro atoms. The highest BCUT2D eigenvalue weighted by Crippen LogP contribution is 2.17. The normalized spacial score (nSPS) is 11.8. The summed E-state index contributed by atoms with van der Waals surface area (Å²) in [5.74, 6) is -0.776. The molecule has 1 atom stereocenters. The van der Waals surface area contributed by atoms with Crippen LogP contribution in [0, 0.1) is 13.8 Å². The molecule has 1 amide bonds. The molecule has 1 N–H and O–H groups in total. The van der Waals surface area contributed by atoms with Crippen molar-refractivity contribution in [1.29, 1.82) is 0 Å². The lowest BCUT2D eigenvalue weighted by molar-refractivity contribution is -0.129. The quantitative estimate of drug-likeness (QED) is 0.829. The molecule has 0 aliphatic heterocycles. The number of hydrogen-bond acceptors (Lipinski definition) is 3. The van der Waals surface area contributed by atoms with Crippen LogP contribution in [0.5, 0.6) is 0 Å². The van der Waals surface area contributed by atoms with Crippen molar-refractivity contribution in [2.24, 2.45) is 0 Å². The maximum Gasteiger partial charge on any atom is 0.338 e. The summed E-state index contributed by atoms with van der Waals surface area (Å²) in [4.78, 5) is 23.9. The molecular weight excluding hydrogens is 304 g/mol. The lowest BCUT2D eigenvalue weighted by atomic mass is 10.2. The van der Waals surface area contributed by atoms with E-state index in [1.54, 1.807) is 19.1 Å². The van der Waals surface area contributed by atoms with Crippen LogP contribution in [0.4, 0.5) is 0 Å². The van der Waals surface area contributed by atoms with Crippen LogP contribution in [-0.4, -0.2) is 29.1 Å². The summed E-state index contributed by atoms with van der Waals surface area (Å²) in [6.45, 7) is 8.18. The minimum Gasteiger partial charge on any atom is -0.449 e. The van der Waals surface area contributed by atoms with Gasteiger partial charge in [0.2, 0.25) is 0 Å². The Morgan fingerprint density at radius 2 is 1.67 bits per heavy atom. The van der Waals surface area contributed by atoms with E-state index in [0.29, 0.717) is 12.1 Å². The molecule has 1 aromatic carbocycles. The number of amides is 1. The van der Waals surface area contributed by atoms with Gasteiger partial charge in [0.1, 0.15) is 0 Å². The number of nitrogens with zero attached hydrogens (tertiary/aromatic N) is 1. The second kappa shape index (κ2) is 7.81. The lowest BCUT2D eigenvalue weighted by Gasteiger charge is -2.14. The monoisotopic (exact) mass is 328 g/mol. The number of carbonyl (C=O) groups is 2. The van der Waals surface area contributed by atoms with E-state index in [2.05, 4.69) is 9.88 Å². The number of benzene rings is 1. The van der Waals surface area contributed by atoms with Crippen molar-refractivity contribution in [2.45, 2.75) is 40.2 Å². The van der Waals surface area contributed by atoms with Gasteiger partial charge in [-0.25, -0.2) is 4.79 Å². The van der Waals surface area contributed by atoms with E-state index >= 15 is 0 Å². The number of hydrogen-bond donors (Lipinski definition) is 1. The Morgan fingerprint density at radius 3 is 2.21 bits per heavy atom. The zero-order valence-electron chi connectivity index (χ0n) is 14.6. The smallest absolute Gasteiger partial charge is 0.338 e. The zero-order chi connectivity index (χ0) is 17.7. The average molecular weight is 328 g/mol. The second-order valence-electron chi connectivity index (χ2n) is 5.84. The first kappa shape index (κ1) is 17.8. The van der Waals surface area contributed by atoms with Crippen molar-refractivity contribution in [3.63, 3.8) is 0 Å². The standard InChI is InChI=1S/C19H24N2O3/c1-5-12-20-18(22)15(4)24-19(23)16-8-10-17(11-9-16)21-13(2)6-7-14(21)3/h6-11,15H,5,12H2,1-4H3,(H,20,22)/t15-/m0/s1. The Bertz CT molecular complexity index is 697. The highest BCUT2D eigenvalue weighted by molar-refractivity contribution is 5.92. The maximum atomic E-state index is 12.2. The van der Waals surface area contributed by atoms with E-state index in [9.17, 15) is 9.59 Å². The van der Waals surface area contributed by atoms with Crippen LogP contribution >= 0.6 is 0 Å². The lowest BCUT2D eigenvalue weighted by Crippen LogP contribution is -2.36. The Balaban J connectivity index is 2.05. The molecule has 2 rings (SSSR count). The van der Waals surface area contributed by atoms with E-state index in [0.717, 1.165) is 23.5 Å². The number of nitrogens with one attached hydrogen (secondary N) is 1. The average Bonchev–Trinajstić information content (AvgIpc) is 2.91. The molecule has 0 radical (unpaired) electrons. The number of carbonyl (C=O) groups excluding carboxylic acids is 2. The summed E-state index contributed by atoms with van der Waals surface area (Å²) in [5.41, 5.74) is 3.67. The third-order valence-corrected chi connectivity index (χ3v) is 3.83. The largest absolute Gasteiger partial charge is 0.449 e. The Labute approximate surface area is 142 Å².